The van der Waals surface area contributed by atoms with Crippen molar-refractivity contribution in [2.24, 2.45) is 0 Å². The van der Waals surface area contributed by atoms with Crippen LogP contribution in [0.1, 0.15) is 0 Å². The summed E-state index contributed by atoms with van der Waals surface area (Å²) in [7, 11) is 0. The summed E-state index contributed by atoms with van der Waals surface area (Å²) < 4.78 is 18.2. The number of nitrogens with one attached hydrogen (secondary N) is 3. The van der Waals surface area contributed by atoms with Gasteiger partial charge in [-0.3, -0.25) is 4.79 Å². The highest BCUT2D eigenvalue weighted by molar-refractivity contribution is 6.02. The van der Waals surface area contributed by atoms with Crippen LogP contribution in [0.2, 0.25) is 0 Å². The Balaban J connectivity index is 1.77. The van der Waals surface area contributed by atoms with Crippen LogP contribution in [0.3, 0.4) is 0 Å². The van der Waals surface area contributed by atoms with Crippen molar-refractivity contribution in [3.63, 3.8) is 0 Å². The maximum Gasteiger partial charge on any atom is 0.248 e. The number of anilines is 2. The van der Waals surface area contributed by atoms with Crippen LogP contribution in [0.5, 0.6) is 5.75 Å². The van der Waals surface area contributed by atoms with Gasteiger partial charge in [-0.1, -0.05) is 12.1 Å². The van der Waals surface area contributed by atoms with Gasteiger partial charge in [0.25, 0.3) is 0 Å². The molecule has 0 aromatic heterocycles. The number of rotatable bonds is 9. The van der Waals surface area contributed by atoms with Crippen LogP contribution in [0, 0.1) is 11.2 Å². The molecule has 0 fully saturated rings. The molecule has 2 aromatic carbocycles. The number of para-hydroxylation sites is 2. The molecule has 1 amide bonds. The summed E-state index contributed by atoms with van der Waals surface area (Å²) in [5.74, 6) is -0.0867. The maximum atomic E-state index is 12.8. The van der Waals surface area contributed by atoms with Crippen LogP contribution >= 0.6 is 0 Å². The van der Waals surface area contributed by atoms with Crippen molar-refractivity contribution in [3.05, 3.63) is 78.3 Å². The molecule has 2 rings (SSSR count). The Morgan fingerprint density at radius 3 is 2.59 bits per heavy atom. The predicted molar refractivity (Wildman–Crippen MR) is 105 cm³/mol. The predicted octanol–water partition coefficient (Wildman–Crippen LogP) is 3.10. The fourth-order valence-corrected chi connectivity index (χ4v) is 2.04. The number of carbonyl (C=O) groups excluding carboxylic acids is 1. The number of nitrogens with two attached hydrogens (primary N) is 1. The van der Waals surface area contributed by atoms with E-state index in [-0.39, 0.29) is 11.7 Å². The van der Waals surface area contributed by atoms with E-state index in [2.05, 4.69) is 10.6 Å². The molecule has 0 atom stereocenters. The molecule has 0 spiro atoms. The Morgan fingerprint density at radius 2 is 1.89 bits per heavy atom. The first kappa shape index (κ1) is 19.7. The summed E-state index contributed by atoms with van der Waals surface area (Å²) in [4.78, 5) is 11.9. The summed E-state index contributed by atoms with van der Waals surface area (Å²) in [6.45, 7) is 0.847. The van der Waals surface area contributed by atoms with Crippen molar-refractivity contribution in [1.29, 1.82) is 5.41 Å². The van der Waals surface area contributed by atoms with E-state index in [0.29, 0.717) is 35.8 Å². The molecule has 0 saturated carbocycles. The van der Waals surface area contributed by atoms with E-state index in [0.717, 1.165) is 6.21 Å². The van der Waals surface area contributed by atoms with Gasteiger partial charge in [-0.25, -0.2) is 4.39 Å². The summed E-state index contributed by atoms with van der Waals surface area (Å²) in [5, 5.41) is 13.0. The fraction of sp³-hybridized carbons (Fsp3) is 0.100. The average Bonchev–Trinajstić information content (AvgIpc) is 2.67. The molecule has 0 aliphatic carbocycles. The number of benzene rings is 2. The van der Waals surface area contributed by atoms with Crippen LogP contribution in [0.25, 0.3) is 0 Å². The van der Waals surface area contributed by atoms with Crippen molar-refractivity contribution in [1.82, 2.24) is 5.32 Å². The van der Waals surface area contributed by atoms with Gasteiger partial charge < -0.3 is 26.5 Å². The molecule has 7 heteroatoms. The highest BCUT2D eigenvalue weighted by atomic mass is 19.1. The van der Waals surface area contributed by atoms with Crippen LogP contribution in [-0.2, 0) is 4.79 Å². The summed E-state index contributed by atoms with van der Waals surface area (Å²) in [6.07, 6.45) is 5.55. The maximum absolute atomic E-state index is 12.8. The van der Waals surface area contributed by atoms with Crippen molar-refractivity contribution < 1.29 is 13.9 Å². The minimum atomic E-state index is -0.347. The van der Waals surface area contributed by atoms with Crippen LogP contribution in [0.15, 0.2) is 72.5 Å². The number of hydrogen-bond acceptors (Lipinski definition) is 5. The summed E-state index contributed by atoms with van der Waals surface area (Å²) in [5.41, 5.74) is 7.28. The minimum absolute atomic E-state index is 0.315. The standard InChI is InChI=1S/C20H21FN4O2/c21-16-6-8-17(9-7-16)27-12-11-24-14-15(13-22)5-10-20(26)25-19-4-2-1-3-18(19)23/h1-10,13-14,22,24H,11-12,23H2,(H,25,26)/b10-5+,15-14-,22-13?. The van der Waals surface area contributed by atoms with E-state index in [4.69, 9.17) is 15.9 Å². The Morgan fingerprint density at radius 1 is 1.15 bits per heavy atom. The Kier molecular flexibility index (Phi) is 7.59. The molecular weight excluding hydrogens is 347 g/mol. The lowest BCUT2D eigenvalue weighted by Crippen LogP contribution is -2.16. The van der Waals surface area contributed by atoms with Crippen molar-refractivity contribution >= 4 is 23.5 Å². The summed E-state index contributed by atoms with van der Waals surface area (Å²) >= 11 is 0. The number of allylic oxidation sites excluding steroid dienone is 2. The lowest BCUT2D eigenvalue weighted by Gasteiger charge is -2.06. The molecule has 140 valence electrons. The minimum Gasteiger partial charge on any atom is -0.492 e. The topological polar surface area (TPSA) is 100 Å². The zero-order valence-corrected chi connectivity index (χ0v) is 14.6. The number of amides is 1. The molecule has 0 radical (unpaired) electrons. The number of carbonyl (C=O) groups is 1. The third-order valence-electron chi connectivity index (χ3n) is 3.41. The van der Waals surface area contributed by atoms with Gasteiger partial charge >= 0.3 is 0 Å². The Bertz CT molecular complexity index is 832. The molecular formula is C20H21FN4O2. The quantitative estimate of drug-likeness (QED) is 0.180. The summed E-state index contributed by atoms with van der Waals surface area (Å²) in [6, 6.07) is 12.7. The van der Waals surface area contributed by atoms with Gasteiger partial charge in [-0.2, -0.15) is 0 Å². The molecule has 2 aromatic rings. The fourth-order valence-electron chi connectivity index (χ4n) is 2.04. The normalized spacial score (nSPS) is 11.2. The third kappa shape index (κ3) is 7.03. The van der Waals surface area contributed by atoms with Crippen molar-refractivity contribution in [3.8, 4) is 5.75 Å². The smallest absolute Gasteiger partial charge is 0.248 e. The first-order chi connectivity index (χ1) is 13.1. The van der Waals surface area contributed by atoms with Gasteiger partial charge in [0.05, 0.1) is 11.4 Å². The Hall–Kier alpha value is -3.61. The lowest BCUT2D eigenvalue weighted by molar-refractivity contribution is -0.111. The number of nitrogen functional groups attached to an aromatic ring is 1. The zero-order valence-electron chi connectivity index (χ0n) is 14.6. The van der Waals surface area contributed by atoms with E-state index < -0.39 is 0 Å². The second-order valence-corrected chi connectivity index (χ2v) is 5.46. The number of ether oxygens (including phenoxy) is 1. The zero-order chi connectivity index (χ0) is 19.5. The van der Waals surface area contributed by atoms with E-state index in [1.807, 2.05) is 0 Å². The second kappa shape index (κ2) is 10.4. The SMILES string of the molecule is N=CC(=C\NCCOc1ccc(F)cc1)/C=C/C(=O)Nc1ccccc1N. The van der Waals surface area contributed by atoms with Gasteiger partial charge in [0.2, 0.25) is 5.91 Å². The van der Waals surface area contributed by atoms with Gasteiger partial charge in [0, 0.05) is 30.6 Å². The first-order valence-electron chi connectivity index (χ1n) is 8.24. The van der Waals surface area contributed by atoms with E-state index >= 15 is 0 Å². The highest BCUT2D eigenvalue weighted by Gasteiger charge is 2.01. The Labute approximate surface area is 157 Å². The average molecular weight is 368 g/mol. The van der Waals surface area contributed by atoms with E-state index in [9.17, 15) is 9.18 Å². The van der Waals surface area contributed by atoms with Gasteiger partial charge in [0.1, 0.15) is 18.2 Å². The van der Waals surface area contributed by atoms with E-state index in [1.165, 1.54) is 24.3 Å². The molecule has 0 bridgehead atoms. The number of hydrogen-bond donors (Lipinski definition) is 4. The van der Waals surface area contributed by atoms with Crippen LogP contribution in [0.4, 0.5) is 15.8 Å². The van der Waals surface area contributed by atoms with Crippen molar-refractivity contribution in [2.75, 3.05) is 24.2 Å². The lowest BCUT2D eigenvalue weighted by atomic mass is 10.2. The molecule has 0 saturated heterocycles. The van der Waals surface area contributed by atoms with Gasteiger partial charge in [-0.05, 0) is 42.5 Å². The van der Waals surface area contributed by atoms with E-state index in [1.54, 1.807) is 42.6 Å². The van der Waals surface area contributed by atoms with Crippen molar-refractivity contribution in [2.45, 2.75) is 0 Å². The molecule has 6 nitrogen and oxygen atoms in total. The number of halogens is 1. The molecule has 5 N–H and O–H groups in total. The first-order valence-corrected chi connectivity index (χ1v) is 8.24. The largest absolute Gasteiger partial charge is 0.492 e. The molecule has 27 heavy (non-hydrogen) atoms. The highest BCUT2D eigenvalue weighted by Crippen LogP contribution is 2.16. The van der Waals surface area contributed by atoms with Crippen LogP contribution < -0.4 is 21.1 Å². The molecule has 0 heterocycles. The second-order valence-electron chi connectivity index (χ2n) is 5.46. The van der Waals surface area contributed by atoms with Gasteiger partial charge in [0.15, 0.2) is 0 Å². The molecule has 0 unspecified atom stereocenters. The van der Waals surface area contributed by atoms with Crippen LogP contribution in [-0.4, -0.2) is 25.3 Å². The molecule has 0 aliphatic rings. The third-order valence-corrected chi connectivity index (χ3v) is 3.41. The van der Waals surface area contributed by atoms with Gasteiger partial charge in [-0.15, -0.1) is 0 Å². The molecule has 0 aliphatic heterocycles. The monoisotopic (exact) mass is 368 g/mol.